The highest BCUT2D eigenvalue weighted by Gasteiger charge is 2.18. The third kappa shape index (κ3) is 2.02. The molecule has 14 heavy (non-hydrogen) atoms. The summed E-state index contributed by atoms with van der Waals surface area (Å²) in [4.78, 5) is 2.27. The Labute approximate surface area is 89.7 Å². The van der Waals surface area contributed by atoms with Gasteiger partial charge in [-0.3, -0.25) is 0 Å². The minimum Gasteiger partial charge on any atom is -0.369 e. The molecule has 0 unspecified atom stereocenters. The SMILES string of the molecule is N[C@H]1CCCN(c2ccccc2Cl)C1. The highest BCUT2D eigenvalue weighted by molar-refractivity contribution is 6.33. The normalized spacial score (nSPS) is 22.4. The van der Waals surface area contributed by atoms with Crippen LogP contribution in [-0.4, -0.2) is 19.1 Å². The van der Waals surface area contributed by atoms with Crippen LogP contribution in [0.3, 0.4) is 0 Å². The van der Waals surface area contributed by atoms with Gasteiger partial charge in [0.1, 0.15) is 0 Å². The van der Waals surface area contributed by atoms with Gasteiger partial charge in [0.15, 0.2) is 0 Å². The zero-order valence-corrected chi connectivity index (χ0v) is 8.87. The van der Waals surface area contributed by atoms with Crippen LogP contribution in [0.2, 0.25) is 5.02 Å². The summed E-state index contributed by atoms with van der Waals surface area (Å²) >= 11 is 6.12. The number of rotatable bonds is 1. The average molecular weight is 211 g/mol. The number of nitrogens with zero attached hydrogens (tertiary/aromatic N) is 1. The molecule has 0 aromatic heterocycles. The first-order chi connectivity index (χ1) is 6.77. The summed E-state index contributed by atoms with van der Waals surface area (Å²) in [7, 11) is 0. The van der Waals surface area contributed by atoms with E-state index >= 15 is 0 Å². The van der Waals surface area contributed by atoms with Crippen LogP contribution >= 0.6 is 11.6 Å². The first-order valence-electron chi connectivity index (χ1n) is 5.02. The molecule has 1 saturated heterocycles. The molecule has 1 aromatic rings. The van der Waals surface area contributed by atoms with Gasteiger partial charge in [0.25, 0.3) is 0 Å². The molecule has 1 aliphatic rings. The Morgan fingerprint density at radius 2 is 2.14 bits per heavy atom. The fourth-order valence-electron chi connectivity index (χ4n) is 1.94. The van der Waals surface area contributed by atoms with E-state index in [4.69, 9.17) is 17.3 Å². The summed E-state index contributed by atoms with van der Waals surface area (Å²) in [6.45, 7) is 1.99. The molecule has 0 saturated carbocycles. The van der Waals surface area contributed by atoms with Crippen molar-refractivity contribution >= 4 is 17.3 Å². The molecule has 0 bridgehead atoms. The van der Waals surface area contributed by atoms with E-state index in [0.29, 0.717) is 6.04 Å². The quantitative estimate of drug-likeness (QED) is 0.771. The van der Waals surface area contributed by atoms with Gasteiger partial charge in [-0.15, -0.1) is 0 Å². The van der Waals surface area contributed by atoms with Crippen molar-refractivity contribution in [2.24, 2.45) is 5.73 Å². The standard InChI is InChI=1S/C11H15ClN2/c12-10-5-1-2-6-11(10)14-7-3-4-9(13)8-14/h1-2,5-6,9H,3-4,7-8,13H2/t9-/m0/s1. The lowest BCUT2D eigenvalue weighted by molar-refractivity contribution is 0.506. The molecule has 1 fully saturated rings. The molecule has 1 aliphatic heterocycles. The molecule has 1 aromatic carbocycles. The van der Waals surface area contributed by atoms with Gasteiger partial charge in [0, 0.05) is 19.1 Å². The molecule has 0 amide bonds. The van der Waals surface area contributed by atoms with Gasteiger partial charge in [-0.25, -0.2) is 0 Å². The van der Waals surface area contributed by atoms with Crippen LogP contribution in [0.1, 0.15) is 12.8 Å². The van der Waals surface area contributed by atoms with Gasteiger partial charge in [-0.2, -0.15) is 0 Å². The van der Waals surface area contributed by atoms with E-state index in [2.05, 4.69) is 11.0 Å². The number of anilines is 1. The van der Waals surface area contributed by atoms with Crippen LogP contribution in [0, 0.1) is 0 Å². The van der Waals surface area contributed by atoms with Gasteiger partial charge in [-0.1, -0.05) is 23.7 Å². The minimum atomic E-state index is 0.292. The molecule has 76 valence electrons. The van der Waals surface area contributed by atoms with Crippen molar-refractivity contribution in [3.8, 4) is 0 Å². The van der Waals surface area contributed by atoms with Gasteiger partial charge >= 0.3 is 0 Å². The lowest BCUT2D eigenvalue weighted by Gasteiger charge is -2.33. The molecule has 2 N–H and O–H groups in total. The summed E-state index contributed by atoms with van der Waals surface area (Å²) < 4.78 is 0. The van der Waals surface area contributed by atoms with Gasteiger partial charge < -0.3 is 10.6 Å². The maximum atomic E-state index is 6.12. The van der Waals surface area contributed by atoms with Crippen molar-refractivity contribution in [3.05, 3.63) is 29.3 Å². The molecule has 0 aliphatic carbocycles. The van der Waals surface area contributed by atoms with Gasteiger partial charge in [0.05, 0.1) is 10.7 Å². The molecule has 1 atom stereocenters. The fourth-order valence-corrected chi connectivity index (χ4v) is 2.19. The Bertz CT molecular complexity index is 314. The number of piperidine rings is 1. The Morgan fingerprint density at radius 1 is 1.36 bits per heavy atom. The molecule has 0 spiro atoms. The number of hydrogen-bond donors (Lipinski definition) is 1. The highest BCUT2D eigenvalue weighted by atomic mass is 35.5. The van der Waals surface area contributed by atoms with E-state index in [-0.39, 0.29) is 0 Å². The molecule has 1 heterocycles. The van der Waals surface area contributed by atoms with E-state index in [0.717, 1.165) is 36.6 Å². The Hall–Kier alpha value is -0.730. The van der Waals surface area contributed by atoms with E-state index in [1.54, 1.807) is 0 Å². The Morgan fingerprint density at radius 3 is 2.86 bits per heavy atom. The summed E-state index contributed by atoms with van der Waals surface area (Å²) in [6.07, 6.45) is 2.29. The van der Waals surface area contributed by atoms with Crippen molar-refractivity contribution in [1.82, 2.24) is 0 Å². The number of nitrogens with two attached hydrogens (primary N) is 1. The molecule has 3 heteroatoms. The van der Waals surface area contributed by atoms with E-state index in [1.165, 1.54) is 0 Å². The van der Waals surface area contributed by atoms with Crippen molar-refractivity contribution in [1.29, 1.82) is 0 Å². The summed E-state index contributed by atoms with van der Waals surface area (Å²) in [6, 6.07) is 8.24. The lowest BCUT2D eigenvalue weighted by atomic mass is 10.1. The summed E-state index contributed by atoms with van der Waals surface area (Å²) in [5.74, 6) is 0. The Kier molecular flexibility index (Phi) is 2.94. The number of benzene rings is 1. The van der Waals surface area contributed by atoms with E-state index < -0.39 is 0 Å². The molecular weight excluding hydrogens is 196 g/mol. The van der Waals surface area contributed by atoms with Crippen LogP contribution in [0.5, 0.6) is 0 Å². The zero-order chi connectivity index (χ0) is 9.97. The van der Waals surface area contributed by atoms with Crippen molar-refractivity contribution in [2.45, 2.75) is 18.9 Å². The Balaban J connectivity index is 2.18. The maximum Gasteiger partial charge on any atom is 0.0639 e. The summed E-state index contributed by atoms with van der Waals surface area (Å²) in [5, 5.41) is 0.821. The van der Waals surface area contributed by atoms with Crippen LogP contribution in [0.15, 0.2) is 24.3 Å². The molecular formula is C11H15ClN2. The number of hydrogen-bond acceptors (Lipinski definition) is 2. The smallest absolute Gasteiger partial charge is 0.0639 e. The monoisotopic (exact) mass is 210 g/mol. The van der Waals surface area contributed by atoms with E-state index in [9.17, 15) is 0 Å². The minimum absolute atomic E-state index is 0.292. The lowest BCUT2D eigenvalue weighted by Crippen LogP contribution is -2.42. The highest BCUT2D eigenvalue weighted by Crippen LogP contribution is 2.27. The zero-order valence-electron chi connectivity index (χ0n) is 8.12. The second kappa shape index (κ2) is 4.20. The van der Waals surface area contributed by atoms with Crippen molar-refractivity contribution in [3.63, 3.8) is 0 Å². The van der Waals surface area contributed by atoms with E-state index in [1.807, 2.05) is 18.2 Å². The van der Waals surface area contributed by atoms with Crippen molar-refractivity contribution in [2.75, 3.05) is 18.0 Å². The first-order valence-corrected chi connectivity index (χ1v) is 5.40. The molecule has 0 radical (unpaired) electrons. The maximum absolute atomic E-state index is 6.12. The predicted octanol–water partition coefficient (Wildman–Crippen LogP) is 2.27. The van der Waals surface area contributed by atoms with Gasteiger partial charge in [-0.05, 0) is 25.0 Å². The van der Waals surface area contributed by atoms with Crippen molar-refractivity contribution < 1.29 is 0 Å². The summed E-state index contributed by atoms with van der Waals surface area (Å²) in [5.41, 5.74) is 7.04. The third-order valence-electron chi connectivity index (χ3n) is 2.65. The average Bonchev–Trinajstić information content (AvgIpc) is 2.18. The molecule has 2 nitrogen and oxygen atoms in total. The molecule has 2 rings (SSSR count). The van der Waals surface area contributed by atoms with Crippen LogP contribution in [0.4, 0.5) is 5.69 Å². The van der Waals surface area contributed by atoms with Gasteiger partial charge in [0.2, 0.25) is 0 Å². The van der Waals surface area contributed by atoms with Crippen LogP contribution in [-0.2, 0) is 0 Å². The second-order valence-corrected chi connectivity index (χ2v) is 4.21. The van der Waals surface area contributed by atoms with Crippen LogP contribution in [0.25, 0.3) is 0 Å². The third-order valence-corrected chi connectivity index (χ3v) is 2.97. The number of halogens is 1. The van der Waals surface area contributed by atoms with Crippen LogP contribution < -0.4 is 10.6 Å². The second-order valence-electron chi connectivity index (χ2n) is 3.80. The number of para-hydroxylation sites is 1. The fraction of sp³-hybridized carbons (Fsp3) is 0.455. The first kappa shape index (κ1) is 9.81. The predicted molar refractivity (Wildman–Crippen MR) is 60.9 cm³/mol. The topological polar surface area (TPSA) is 29.3 Å². The largest absolute Gasteiger partial charge is 0.369 e.